The summed E-state index contributed by atoms with van der Waals surface area (Å²) in [4.78, 5) is 23.5. The van der Waals surface area contributed by atoms with Crippen molar-refractivity contribution in [2.45, 2.75) is 13.5 Å². The number of carboxylic acids is 1. The summed E-state index contributed by atoms with van der Waals surface area (Å²) in [6.07, 6.45) is 0. The summed E-state index contributed by atoms with van der Waals surface area (Å²) in [7, 11) is 0. The lowest BCUT2D eigenvalue weighted by molar-refractivity contribution is -0.140. The lowest BCUT2D eigenvalue weighted by atomic mass is 9.92. The second kappa shape index (κ2) is 6.16. The number of aromatic carboxylic acids is 1. The largest absolute Gasteiger partial charge is 0.478 e. The first-order valence-electron chi connectivity index (χ1n) is 7.49. The molecule has 3 aromatic carbocycles. The van der Waals surface area contributed by atoms with Crippen LogP contribution in [0.4, 0.5) is 0 Å². The van der Waals surface area contributed by atoms with Gasteiger partial charge in [-0.3, -0.25) is 0 Å². The van der Waals surface area contributed by atoms with Crippen LogP contribution < -0.4 is 0 Å². The molecule has 0 radical (unpaired) electrons. The molecule has 0 aliphatic rings. The molecule has 0 atom stereocenters. The van der Waals surface area contributed by atoms with E-state index in [0.717, 1.165) is 16.3 Å². The normalized spacial score (nSPS) is 10.7. The molecule has 1 N–H and O–H groups in total. The molecule has 120 valence electrons. The number of hydrogen-bond donors (Lipinski definition) is 1. The van der Waals surface area contributed by atoms with Gasteiger partial charge in [0.15, 0.2) is 0 Å². The van der Waals surface area contributed by atoms with Crippen LogP contribution in [0.25, 0.3) is 21.5 Å². The van der Waals surface area contributed by atoms with Crippen molar-refractivity contribution in [3.05, 3.63) is 71.8 Å². The fourth-order valence-electron chi connectivity index (χ4n) is 2.87. The summed E-state index contributed by atoms with van der Waals surface area (Å²) in [6.45, 7) is 5.23. The number of fused-ring (bicyclic) bond motifs is 2. The van der Waals surface area contributed by atoms with Gasteiger partial charge >= 0.3 is 11.9 Å². The van der Waals surface area contributed by atoms with Crippen LogP contribution in [0.2, 0.25) is 0 Å². The summed E-state index contributed by atoms with van der Waals surface area (Å²) in [5.41, 5.74) is 1.38. The van der Waals surface area contributed by atoms with Crippen molar-refractivity contribution in [2.75, 3.05) is 0 Å². The molecule has 0 aliphatic carbocycles. The standard InChI is InChI=1S/C20H16O4/c1-12(2)20(23)24-11-17-13-7-3-5-9-15(13)18(19(21)22)16-10-6-4-8-14(16)17/h3-10H,1,11H2,2H3,(H,21,22). The van der Waals surface area contributed by atoms with Crippen LogP contribution in [0.3, 0.4) is 0 Å². The van der Waals surface area contributed by atoms with Crippen molar-refractivity contribution in [1.82, 2.24) is 0 Å². The number of carboxylic acid groups (broad SMARTS) is 1. The molecule has 0 saturated carbocycles. The van der Waals surface area contributed by atoms with Gasteiger partial charge in [-0.15, -0.1) is 0 Å². The van der Waals surface area contributed by atoms with E-state index in [1.807, 2.05) is 24.3 Å². The monoisotopic (exact) mass is 320 g/mol. The van der Waals surface area contributed by atoms with Gasteiger partial charge in [-0.1, -0.05) is 55.1 Å². The lowest BCUT2D eigenvalue weighted by Crippen LogP contribution is -2.07. The SMILES string of the molecule is C=C(C)C(=O)OCc1c2ccccc2c(C(=O)O)c2ccccc12. The number of hydrogen-bond acceptors (Lipinski definition) is 3. The van der Waals surface area contributed by atoms with E-state index < -0.39 is 11.9 Å². The second-order valence-corrected chi connectivity index (χ2v) is 5.61. The van der Waals surface area contributed by atoms with Crippen molar-refractivity contribution in [3.63, 3.8) is 0 Å². The van der Waals surface area contributed by atoms with Crippen molar-refractivity contribution >= 4 is 33.5 Å². The van der Waals surface area contributed by atoms with Crippen LogP contribution in [-0.4, -0.2) is 17.0 Å². The van der Waals surface area contributed by atoms with Gasteiger partial charge in [0, 0.05) is 11.1 Å². The molecule has 0 amide bonds. The molecule has 3 aromatic rings. The Morgan fingerprint density at radius 3 is 1.83 bits per heavy atom. The average molecular weight is 320 g/mol. The molecule has 0 saturated heterocycles. The molecule has 0 fully saturated rings. The zero-order valence-electron chi connectivity index (χ0n) is 13.2. The highest BCUT2D eigenvalue weighted by Crippen LogP contribution is 2.33. The van der Waals surface area contributed by atoms with Crippen LogP contribution in [0, 0.1) is 0 Å². The van der Waals surface area contributed by atoms with E-state index in [1.165, 1.54) is 0 Å². The van der Waals surface area contributed by atoms with E-state index in [9.17, 15) is 14.7 Å². The quantitative estimate of drug-likeness (QED) is 0.442. The molecule has 0 aromatic heterocycles. The zero-order chi connectivity index (χ0) is 17.3. The van der Waals surface area contributed by atoms with Gasteiger partial charge in [-0.2, -0.15) is 0 Å². The smallest absolute Gasteiger partial charge is 0.336 e. The molecule has 0 spiro atoms. The third-order valence-electron chi connectivity index (χ3n) is 3.95. The van der Waals surface area contributed by atoms with Crippen molar-refractivity contribution < 1.29 is 19.4 Å². The number of esters is 1. The molecule has 24 heavy (non-hydrogen) atoms. The Labute approximate surface area is 139 Å². The molecular formula is C20H16O4. The highest BCUT2D eigenvalue weighted by molar-refractivity contribution is 6.17. The number of carbonyl (C=O) groups excluding carboxylic acids is 1. The fraction of sp³-hybridized carbons (Fsp3) is 0.100. The van der Waals surface area contributed by atoms with E-state index in [-0.39, 0.29) is 12.2 Å². The van der Waals surface area contributed by atoms with Crippen molar-refractivity contribution in [1.29, 1.82) is 0 Å². The first-order chi connectivity index (χ1) is 11.5. The van der Waals surface area contributed by atoms with Crippen LogP contribution in [0.15, 0.2) is 60.7 Å². The molecule has 0 bridgehead atoms. The minimum atomic E-state index is -0.979. The van der Waals surface area contributed by atoms with E-state index in [1.54, 1.807) is 31.2 Å². The summed E-state index contributed by atoms with van der Waals surface area (Å²) >= 11 is 0. The van der Waals surface area contributed by atoms with E-state index in [0.29, 0.717) is 16.3 Å². The summed E-state index contributed by atoms with van der Waals surface area (Å²) in [5, 5.41) is 12.5. The average Bonchev–Trinajstić information content (AvgIpc) is 2.57. The number of rotatable bonds is 4. The third kappa shape index (κ3) is 2.63. The van der Waals surface area contributed by atoms with E-state index in [4.69, 9.17) is 4.74 Å². The van der Waals surface area contributed by atoms with Crippen molar-refractivity contribution in [2.24, 2.45) is 0 Å². The summed E-state index contributed by atoms with van der Waals surface area (Å²) < 4.78 is 5.32. The van der Waals surface area contributed by atoms with Gasteiger partial charge in [0.1, 0.15) is 6.61 Å². The molecule has 0 heterocycles. The van der Waals surface area contributed by atoms with Gasteiger partial charge in [0.2, 0.25) is 0 Å². The minimum absolute atomic E-state index is 0.0621. The van der Waals surface area contributed by atoms with E-state index in [2.05, 4.69) is 6.58 Å². The highest BCUT2D eigenvalue weighted by atomic mass is 16.5. The van der Waals surface area contributed by atoms with Crippen LogP contribution in [-0.2, 0) is 16.1 Å². The topological polar surface area (TPSA) is 63.6 Å². The number of benzene rings is 3. The summed E-state index contributed by atoms with van der Waals surface area (Å²) in [5.74, 6) is -1.45. The van der Waals surface area contributed by atoms with Crippen molar-refractivity contribution in [3.8, 4) is 0 Å². The minimum Gasteiger partial charge on any atom is -0.478 e. The maximum atomic E-state index is 11.8. The predicted molar refractivity (Wildman–Crippen MR) is 93.0 cm³/mol. The Kier molecular flexibility index (Phi) is 4.04. The Morgan fingerprint density at radius 2 is 1.42 bits per heavy atom. The first kappa shape index (κ1) is 15.7. The van der Waals surface area contributed by atoms with Crippen LogP contribution in [0.1, 0.15) is 22.8 Å². The molecule has 4 heteroatoms. The van der Waals surface area contributed by atoms with Gasteiger partial charge in [0.05, 0.1) is 5.56 Å². The van der Waals surface area contributed by atoms with Gasteiger partial charge in [0.25, 0.3) is 0 Å². The Balaban J connectivity index is 2.30. The number of carbonyl (C=O) groups is 2. The Morgan fingerprint density at radius 1 is 0.958 bits per heavy atom. The maximum Gasteiger partial charge on any atom is 0.336 e. The van der Waals surface area contributed by atoms with Gasteiger partial charge in [-0.25, -0.2) is 9.59 Å². The number of ether oxygens (including phenoxy) is 1. The zero-order valence-corrected chi connectivity index (χ0v) is 13.2. The highest BCUT2D eigenvalue weighted by Gasteiger charge is 2.18. The third-order valence-corrected chi connectivity index (χ3v) is 3.95. The molecule has 3 rings (SSSR count). The van der Waals surface area contributed by atoms with Crippen LogP contribution in [0.5, 0.6) is 0 Å². The van der Waals surface area contributed by atoms with Gasteiger partial charge < -0.3 is 9.84 Å². The molecule has 0 aliphatic heterocycles. The Bertz CT molecular complexity index is 929. The Hall–Kier alpha value is -3.14. The van der Waals surface area contributed by atoms with Gasteiger partial charge in [-0.05, 0) is 28.5 Å². The predicted octanol–water partition coefficient (Wildman–Crippen LogP) is 4.31. The fourth-order valence-corrected chi connectivity index (χ4v) is 2.87. The molecule has 4 nitrogen and oxygen atoms in total. The second-order valence-electron chi connectivity index (χ2n) is 5.61. The lowest BCUT2D eigenvalue weighted by Gasteiger charge is -2.15. The van der Waals surface area contributed by atoms with Crippen LogP contribution >= 0.6 is 0 Å². The molecular weight excluding hydrogens is 304 g/mol. The van der Waals surface area contributed by atoms with E-state index >= 15 is 0 Å². The first-order valence-corrected chi connectivity index (χ1v) is 7.49. The maximum absolute atomic E-state index is 11.8. The molecule has 0 unspecified atom stereocenters. The summed E-state index contributed by atoms with van der Waals surface area (Å²) in [6, 6.07) is 14.5.